The number of amides is 1. The summed E-state index contributed by atoms with van der Waals surface area (Å²) in [6, 6.07) is 16.8. The fourth-order valence-electron chi connectivity index (χ4n) is 2.40. The SMILES string of the molecule is COc1ccccc1C1C=CN(C(=O)Oc2ccccc2)C=C1. The summed E-state index contributed by atoms with van der Waals surface area (Å²) in [6.45, 7) is 0. The number of methoxy groups -OCH3 is 1. The summed E-state index contributed by atoms with van der Waals surface area (Å²) in [5.41, 5.74) is 1.05. The first-order valence-electron chi connectivity index (χ1n) is 7.32. The first-order chi connectivity index (χ1) is 11.3. The van der Waals surface area contributed by atoms with Crippen LogP contribution in [0.3, 0.4) is 0 Å². The van der Waals surface area contributed by atoms with Crippen LogP contribution in [0.15, 0.2) is 79.1 Å². The van der Waals surface area contributed by atoms with Gasteiger partial charge in [0.25, 0.3) is 0 Å². The zero-order valence-electron chi connectivity index (χ0n) is 12.8. The van der Waals surface area contributed by atoms with E-state index in [-0.39, 0.29) is 5.92 Å². The molecule has 23 heavy (non-hydrogen) atoms. The summed E-state index contributed by atoms with van der Waals surface area (Å²) in [4.78, 5) is 13.5. The molecule has 2 aromatic rings. The van der Waals surface area contributed by atoms with Gasteiger partial charge in [0.2, 0.25) is 0 Å². The van der Waals surface area contributed by atoms with Crippen molar-refractivity contribution >= 4 is 6.09 Å². The fourth-order valence-corrected chi connectivity index (χ4v) is 2.40. The summed E-state index contributed by atoms with van der Waals surface area (Å²) in [6.07, 6.45) is 6.85. The molecule has 1 amide bonds. The average molecular weight is 307 g/mol. The first kappa shape index (κ1) is 14.9. The van der Waals surface area contributed by atoms with Crippen LogP contribution in [0.2, 0.25) is 0 Å². The van der Waals surface area contributed by atoms with Gasteiger partial charge in [-0.1, -0.05) is 48.6 Å². The first-order valence-corrected chi connectivity index (χ1v) is 7.32. The maximum atomic E-state index is 12.1. The van der Waals surface area contributed by atoms with E-state index >= 15 is 0 Å². The predicted molar refractivity (Wildman–Crippen MR) is 88.3 cm³/mol. The van der Waals surface area contributed by atoms with E-state index in [0.717, 1.165) is 11.3 Å². The van der Waals surface area contributed by atoms with Crippen LogP contribution < -0.4 is 9.47 Å². The Labute approximate surface area is 135 Å². The molecule has 0 fully saturated rings. The van der Waals surface area contributed by atoms with E-state index in [9.17, 15) is 4.79 Å². The Morgan fingerprint density at radius 2 is 1.61 bits per heavy atom. The minimum absolute atomic E-state index is 0.0620. The number of carbonyl (C=O) groups excluding carboxylic acids is 1. The molecule has 0 aromatic heterocycles. The molecular formula is C19H17NO3. The normalized spacial score (nSPS) is 13.9. The molecule has 0 saturated carbocycles. The van der Waals surface area contributed by atoms with E-state index in [4.69, 9.17) is 9.47 Å². The number of hydrogen-bond acceptors (Lipinski definition) is 3. The van der Waals surface area contributed by atoms with Crippen LogP contribution in [-0.2, 0) is 0 Å². The fraction of sp³-hybridized carbons (Fsp3) is 0.105. The quantitative estimate of drug-likeness (QED) is 0.847. The number of hydrogen-bond donors (Lipinski definition) is 0. The zero-order chi connectivity index (χ0) is 16.1. The predicted octanol–water partition coefficient (Wildman–Crippen LogP) is 4.32. The van der Waals surface area contributed by atoms with E-state index in [1.54, 1.807) is 31.6 Å². The van der Waals surface area contributed by atoms with Crippen LogP contribution in [0, 0.1) is 0 Å². The van der Waals surface area contributed by atoms with Crippen molar-refractivity contribution in [2.75, 3.05) is 7.11 Å². The van der Waals surface area contributed by atoms with Gasteiger partial charge in [0, 0.05) is 23.9 Å². The average Bonchev–Trinajstić information content (AvgIpc) is 2.62. The van der Waals surface area contributed by atoms with Crippen molar-refractivity contribution in [3.63, 3.8) is 0 Å². The lowest BCUT2D eigenvalue weighted by atomic mass is 9.97. The highest BCUT2D eigenvalue weighted by atomic mass is 16.6. The second kappa shape index (κ2) is 6.83. The molecule has 4 nitrogen and oxygen atoms in total. The standard InChI is InChI=1S/C19H17NO3/c1-22-18-10-6-5-9-17(18)15-11-13-20(14-12-15)19(21)23-16-7-3-2-4-8-16/h2-15H,1H3. The Hall–Kier alpha value is -3.01. The molecule has 2 aromatic carbocycles. The number of para-hydroxylation sites is 2. The minimum atomic E-state index is -0.442. The number of ether oxygens (including phenoxy) is 2. The highest BCUT2D eigenvalue weighted by Crippen LogP contribution is 2.30. The van der Waals surface area contributed by atoms with Gasteiger partial charge < -0.3 is 9.47 Å². The lowest BCUT2D eigenvalue weighted by Crippen LogP contribution is -2.25. The lowest BCUT2D eigenvalue weighted by molar-refractivity contribution is 0.181. The third kappa shape index (κ3) is 3.43. The van der Waals surface area contributed by atoms with Crippen molar-refractivity contribution in [3.05, 3.63) is 84.7 Å². The van der Waals surface area contributed by atoms with Crippen molar-refractivity contribution in [2.24, 2.45) is 0 Å². The Bertz CT molecular complexity index is 723. The van der Waals surface area contributed by atoms with Crippen LogP contribution in [0.4, 0.5) is 4.79 Å². The van der Waals surface area contributed by atoms with E-state index in [0.29, 0.717) is 5.75 Å². The third-order valence-electron chi connectivity index (χ3n) is 3.57. The molecule has 0 spiro atoms. The lowest BCUT2D eigenvalue weighted by Gasteiger charge is -2.21. The van der Waals surface area contributed by atoms with Crippen LogP contribution in [0.25, 0.3) is 0 Å². The second-order valence-electron chi connectivity index (χ2n) is 5.04. The largest absolute Gasteiger partial charge is 0.496 e. The van der Waals surface area contributed by atoms with Crippen molar-refractivity contribution in [1.29, 1.82) is 0 Å². The van der Waals surface area contributed by atoms with E-state index < -0.39 is 6.09 Å². The highest BCUT2D eigenvalue weighted by Gasteiger charge is 2.18. The molecule has 1 aliphatic heterocycles. The molecule has 0 saturated heterocycles. The monoisotopic (exact) mass is 307 g/mol. The van der Waals surface area contributed by atoms with Crippen LogP contribution in [-0.4, -0.2) is 18.1 Å². The number of carbonyl (C=O) groups is 1. The minimum Gasteiger partial charge on any atom is -0.496 e. The molecule has 0 aliphatic carbocycles. The summed E-state index contributed by atoms with van der Waals surface area (Å²) >= 11 is 0. The van der Waals surface area contributed by atoms with Crippen molar-refractivity contribution in [3.8, 4) is 11.5 Å². The van der Waals surface area contributed by atoms with Gasteiger partial charge in [0.1, 0.15) is 11.5 Å². The van der Waals surface area contributed by atoms with Crippen LogP contribution >= 0.6 is 0 Å². The Morgan fingerprint density at radius 1 is 0.957 bits per heavy atom. The van der Waals surface area contributed by atoms with Gasteiger partial charge >= 0.3 is 6.09 Å². The maximum Gasteiger partial charge on any atom is 0.423 e. The van der Waals surface area contributed by atoms with E-state index in [1.165, 1.54) is 4.90 Å². The number of benzene rings is 2. The summed E-state index contributed by atoms with van der Waals surface area (Å²) in [5.74, 6) is 1.41. The molecule has 0 N–H and O–H groups in total. The second-order valence-corrected chi connectivity index (χ2v) is 5.04. The van der Waals surface area contributed by atoms with Gasteiger partial charge in [-0.25, -0.2) is 4.79 Å². The highest BCUT2D eigenvalue weighted by molar-refractivity contribution is 5.73. The number of allylic oxidation sites excluding steroid dienone is 2. The van der Waals surface area contributed by atoms with Crippen LogP contribution in [0.1, 0.15) is 11.5 Å². The van der Waals surface area contributed by atoms with Gasteiger partial charge in [0.15, 0.2) is 0 Å². The molecule has 0 atom stereocenters. The molecule has 116 valence electrons. The van der Waals surface area contributed by atoms with Gasteiger partial charge in [-0.2, -0.15) is 0 Å². The van der Waals surface area contributed by atoms with Gasteiger partial charge in [-0.15, -0.1) is 0 Å². The maximum absolute atomic E-state index is 12.1. The number of rotatable bonds is 3. The molecule has 3 rings (SSSR count). The molecular weight excluding hydrogens is 290 g/mol. The third-order valence-corrected chi connectivity index (χ3v) is 3.57. The van der Waals surface area contributed by atoms with Crippen molar-refractivity contribution in [1.82, 2.24) is 4.90 Å². The van der Waals surface area contributed by atoms with Gasteiger partial charge in [-0.05, 0) is 18.2 Å². The summed E-state index contributed by atoms with van der Waals surface area (Å²) in [5, 5.41) is 0. The smallest absolute Gasteiger partial charge is 0.423 e. The molecule has 1 heterocycles. The number of nitrogens with zero attached hydrogens (tertiary/aromatic N) is 1. The zero-order valence-corrected chi connectivity index (χ0v) is 12.8. The topological polar surface area (TPSA) is 38.8 Å². The Kier molecular flexibility index (Phi) is 4.43. The summed E-state index contributed by atoms with van der Waals surface area (Å²) in [7, 11) is 1.65. The van der Waals surface area contributed by atoms with E-state index in [1.807, 2.05) is 54.6 Å². The Balaban J connectivity index is 1.69. The van der Waals surface area contributed by atoms with Crippen molar-refractivity contribution in [2.45, 2.75) is 5.92 Å². The molecule has 0 radical (unpaired) electrons. The van der Waals surface area contributed by atoms with E-state index in [2.05, 4.69) is 0 Å². The van der Waals surface area contributed by atoms with Gasteiger partial charge in [-0.3, -0.25) is 4.90 Å². The van der Waals surface area contributed by atoms with Crippen molar-refractivity contribution < 1.29 is 14.3 Å². The molecule has 0 bridgehead atoms. The molecule has 0 unspecified atom stereocenters. The molecule has 1 aliphatic rings. The van der Waals surface area contributed by atoms with Gasteiger partial charge in [0.05, 0.1) is 7.11 Å². The molecule has 4 heteroatoms. The summed E-state index contributed by atoms with van der Waals surface area (Å²) < 4.78 is 10.7. The Morgan fingerprint density at radius 3 is 2.30 bits per heavy atom. The van der Waals surface area contributed by atoms with Crippen LogP contribution in [0.5, 0.6) is 11.5 Å².